The molecule has 0 radical (unpaired) electrons. The molecule has 0 fully saturated rings. The Morgan fingerprint density at radius 3 is 1.41 bits per heavy atom. The Hall–Kier alpha value is -3.40. The van der Waals surface area contributed by atoms with E-state index in [9.17, 15) is 33.9 Å². The average Bonchev–Trinajstić information content (AvgIpc) is 3.08. The number of amides is 3. The largest absolute Gasteiger partial charge is 0.481 e. The first-order valence-electron chi connectivity index (χ1n) is 18.4. The highest BCUT2D eigenvalue weighted by molar-refractivity contribution is 5.93. The number of carbonyl (C=O) groups is 6. The van der Waals surface area contributed by atoms with Gasteiger partial charge in [0.15, 0.2) is 5.78 Å². The smallest absolute Gasteiger partial charge is 0.352 e. The Bertz CT molecular complexity index is 1010. The molecular weight excluding hydrogens is 666 g/mol. The van der Waals surface area contributed by atoms with Crippen LogP contribution in [0, 0.1) is 0 Å². The molecular formula is C36H63N3O12. The Morgan fingerprint density at radius 1 is 0.510 bits per heavy atom. The molecule has 0 saturated carbocycles. The van der Waals surface area contributed by atoms with Crippen LogP contribution in [0.5, 0.6) is 0 Å². The summed E-state index contributed by atoms with van der Waals surface area (Å²) in [6, 6.07) is 0. The molecule has 51 heavy (non-hydrogen) atoms. The predicted octanol–water partition coefficient (Wildman–Crippen LogP) is 3.68. The van der Waals surface area contributed by atoms with Gasteiger partial charge in [-0.15, -0.1) is 0 Å². The van der Waals surface area contributed by atoms with Gasteiger partial charge in [-0.1, -0.05) is 77.0 Å². The Labute approximate surface area is 302 Å². The highest BCUT2D eigenvalue weighted by Crippen LogP contribution is 2.14. The van der Waals surface area contributed by atoms with Crippen LogP contribution in [0.1, 0.15) is 116 Å². The zero-order chi connectivity index (χ0) is 37.8. The lowest BCUT2D eigenvalue weighted by molar-refractivity contribution is -0.137. The maximum atomic E-state index is 12.2. The van der Waals surface area contributed by atoms with E-state index in [1.54, 1.807) is 0 Å². The minimum absolute atomic E-state index is 0.0542. The fraction of sp³-hybridized carbons (Fsp3) is 0.778. The second-order valence-electron chi connectivity index (χ2n) is 12.3. The van der Waals surface area contributed by atoms with Crippen LogP contribution in [0.4, 0.5) is 0 Å². The first kappa shape index (κ1) is 47.6. The number of hydrogen-bond acceptors (Lipinski definition) is 10. The SMILES string of the molecule is CC(=O)COCCOCCNC(=O)COCCOCCNC(=O)C/C=C(/NC(=O)CCCCCCCCCCCCCCCCC(=O)O)C(=O)O. The summed E-state index contributed by atoms with van der Waals surface area (Å²) in [6.45, 7) is 3.37. The quantitative estimate of drug-likeness (QED) is 0.0457. The molecule has 0 unspecified atom stereocenters. The molecule has 0 rings (SSSR count). The molecule has 15 heteroatoms. The van der Waals surface area contributed by atoms with Crippen molar-refractivity contribution < 1.29 is 57.9 Å². The molecule has 5 N–H and O–H groups in total. The predicted molar refractivity (Wildman–Crippen MR) is 190 cm³/mol. The Balaban J connectivity index is 3.73. The maximum absolute atomic E-state index is 12.2. The zero-order valence-corrected chi connectivity index (χ0v) is 30.6. The van der Waals surface area contributed by atoms with Crippen molar-refractivity contribution in [3.8, 4) is 0 Å². The lowest BCUT2D eigenvalue weighted by Crippen LogP contribution is -2.31. The van der Waals surface area contributed by atoms with E-state index in [-0.39, 0.29) is 76.2 Å². The highest BCUT2D eigenvalue weighted by atomic mass is 16.5. The lowest BCUT2D eigenvalue weighted by atomic mass is 10.0. The van der Waals surface area contributed by atoms with E-state index < -0.39 is 23.8 Å². The molecule has 0 atom stereocenters. The molecule has 0 aromatic carbocycles. The molecule has 0 spiro atoms. The van der Waals surface area contributed by atoms with Crippen LogP contribution in [0.3, 0.4) is 0 Å². The minimum Gasteiger partial charge on any atom is -0.481 e. The van der Waals surface area contributed by atoms with Crippen molar-refractivity contribution >= 4 is 35.4 Å². The van der Waals surface area contributed by atoms with Gasteiger partial charge in [-0.2, -0.15) is 0 Å². The molecule has 0 saturated heterocycles. The molecule has 294 valence electrons. The van der Waals surface area contributed by atoms with E-state index in [2.05, 4.69) is 16.0 Å². The van der Waals surface area contributed by atoms with Gasteiger partial charge in [-0.05, 0) is 25.8 Å². The summed E-state index contributed by atoms with van der Waals surface area (Å²) in [5.74, 6) is -3.20. The van der Waals surface area contributed by atoms with Crippen LogP contribution in [-0.2, 0) is 47.7 Å². The van der Waals surface area contributed by atoms with Crippen LogP contribution < -0.4 is 16.0 Å². The molecule has 0 aliphatic carbocycles. The minimum atomic E-state index is -1.31. The summed E-state index contributed by atoms with van der Waals surface area (Å²) in [7, 11) is 0. The first-order chi connectivity index (χ1) is 24.6. The molecule has 0 aliphatic rings. The van der Waals surface area contributed by atoms with Crippen LogP contribution in [-0.4, -0.2) is 112 Å². The number of Topliss-reactive ketones (excluding diaryl/α,β-unsaturated/α-hetero) is 1. The third-order valence-corrected chi connectivity index (χ3v) is 7.46. The van der Waals surface area contributed by atoms with E-state index in [4.69, 9.17) is 24.1 Å². The first-order valence-corrected chi connectivity index (χ1v) is 18.4. The van der Waals surface area contributed by atoms with Crippen LogP contribution in [0.25, 0.3) is 0 Å². The highest BCUT2D eigenvalue weighted by Gasteiger charge is 2.12. The van der Waals surface area contributed by atoms with Gasteiger partial charge in [0.2, 0.25) is 17.7 Å². The Kier molecular flexibility index (Phi) is 32.7. The maximum Gasteiger partial charge on any atom is 0.352 e. The van der Waals surface area contributed by atoms with Gasteiger partial charge in [0.25, 0.3) is 0 Å². The second-order valence-corrected chi connectivity index (χ2v) is 12.3. The summed E-state index contributed by atoms with van der Waals surface area (Å²) in [6.07, 6.45) is 16.5. The van der Waals surface area contributed by atoms with Crippen molar-refractivity contribution in [1.29, 1.82) is 0 Å². The van der Waals surface area contributed by atoms with Gasteiger partial charge in [0.05, 0.1) is 39.6 Å². The average molecular weight is 730 g/mol. The number of ether oxygens (including phenoxy) is 4. The van der Waals surface area contributed by atoms with Gasteiger partial charge < -0.3 is 45.1 Å². The van der Waals surface area contributed by atoms with Crippen molar-refractivity contribution in [3.63, 3.8) is 0 Å². The van der Waals surface area contributed by atoms with Crippen LogP contribution in [0.15, 0.2) is 11.8 Å². The van der Waals surface area contributed by atoms with Gasteiger partial charge >= 0.3 is 11.9 Å². The summed E-state index contributed by atoms with van der Waals surface area (Å²) >= 11 is 0. The number of carboxylic acid groups (broad SMARTS) is 2. The van der Waals surface area contributed by atoms with Crippen molar-refractivity contribution in [2.24, 2.45) is 0 Å². The van der Waals surface area contributed by atoms with Crippen molar-refractivity contribution in [1.82, 2.24) is 16.0 Å². The number of carboxylic acids is 2. The molecule has 0 aromatic rings. The molecule has 0 aromatic heterocycles. The van der Waals surface area contributed by atoms with Gasteiger partial charge in [-0.3, -0.25) is 24.0 Å². The van der Waals surface area contributed by atoms with Gasteiger partial charge in [0.1, 0.15) is 18.9 Å². The fourth-order valence-electron chi connectivity index (χ4n) is 4.75. The number of aliphatic carboxylic acids is 2. The van der Waals surface area contributed by atoms with Gasteiger partial charge in [-0.25, -0.2) is 4.79 Å². The molecule has 0 heterocycles. The van der Waals surface area contributed by atoms with E-state index in [0.717, 1.165) is 44.9 Å². The summed E-state index contributed by atoms with van der Waals surface area (Å²) < 4.78 is 20.9. The Morgan fingerprint density at radius 2 is 0.941 bits per heavy atom. The van der Waals surface area contributed by atoms with E-state index >= 15 is 0 Å². The summed E-state index contributed by atoms with van der Waals surface area (Å²) in [5, 5.41) is 25.7. The zero-order valence-electron chi connectivity index (χ0n) is 30.6. The number of unbranched alkanes of at least 4 members (excludes halogenated alkanes) is 13. The van der Waals surface area contributed by atoms with Crippen LogP contribution in [0.2, 0.25) is 0 Å². The molecule has 0 aliphatic heterocycles. The number of hydrogen-bond donors (Lipinski definition) is 5. The monoisotopic (exact) mass is 729 g/mol. The number of carbonyl (C=O) groups excluding carboxylic acids is 4. The second kappa shape index (κ2) is 35.0. The summed E-state index contributed by atoms with van der Waals surface area (Å²) in [4.78, 5) is 68.8. The van der Waals surface area contributed by atoms with Crippen molar-refractivity contribution in [2.75, 3.05) is 65.9 Å². The van der Waals surface area contributed by atoms with Crippen LogP contribution >= 0.6 is 0 Å². The van der Waals surface area contributed by atoms with E-state index in [0.29, 0.717) is 32.8 Å². The molecule has 3 amide bonds. The third-order valence-electron chi connectivity index (χ3n) is 7.46. The van der Waals surface area contributed by atoms with E-state index in [1.807, 2.05) is 0 Å². The standard InChI is InChI=1S/C36H63N3O12/c1-30(40)28-50-26-24-49-23-21-38-34(43)29-51-27-25-48-22-20-37-32(41)19-18-31(36(46)47)39-33(42)16-14-12-10-8-6-4-2-3-5-7-9-11-13-15-17-35(44)45/h18H,2-17,19-29H2,1H3,(H,37,41)(H,38,43)(H,39,42)(H,44,45)(H,46,47)/b31-18+. The topological polar surface area (TPSA) is 216 Å². The van der Waals surface area contributed by atoms with Crippen molar-refractivity contribution in [2.45, 2.75) is 116 Å². The van der Waals surface area contributed by atoms with E-state index in [1.165, 1.54) is 51.5 Å². The molecule has 15 nitrogen and oxygen atoms in total. The normalized spacial score (nSPS) is 11.3. The summed E-state index contributed by atoms with van der Waals surface area (Å²) in [5.41, 5.74) is -0.325. The molecule has 0 bridgehead atoms. The number of nitrogens with one attached hydrogen (secondary N) is 3. The lowest BCUT2D eigenvalue weighted by Gasteiger charge is -2.09. The van der Waals surface area contributed by atoms with Crippen molar-refractivity contribution in [3.05, 3.63) is 11.8 Å². The third kappa shape index (κ3) is 36.2. The number of ketones is 1. The number of rotatable bonds is 37. The van der Waals surface area contributed by atoms with Gasteiger partial charge in [0, 0.05) is 32.4 Å². The fourth-order valence-corrected chi connectivity index (χ4v) is 4.75.